The predicted octanol–water partition coefficient (Wildman–Crippen LogP) is 4.32. The molecule has 1 aromatic heterocycles. The Balaban J connectivity index is 1.58. The Labute approximate surface area is 176 Å². The molecule has 0 saturated heterocycles. The molecule has 5 heteroatoms. The van der Waals surface area contributed by atoms with Gasteiger partial charge in [-0.1, -0.05) is 30.3 Å². The zero-order valence-electron chi connectivity index (χ0n) is 17.6. The van der Waals surface area contributed by atoms with E-state index in [1.165, 1.54) is 28.8 Å². The molecule has 5 rings (SSSR count). The molecule has 0 amide bonds. The van der Waals surface area contributed by atoms with Gasteiger partial charge in [-0.25, -0.2) is 4.39 Å². The fourth-order valence-electron chi connectivity index (χ4n) is 5.69. The van der Waals surface area contributed by atoms with Crippen molar-refractivity contribution in [3.63, 3.8) is 0 Å². The summed E-state index contributed by atoms with van der Waals surface area (Å²) in [6, 6.07) is 14.9. The highest BCUT2D eigenvalue weighted by Crippen LogP contribution is 2.53. The standard InChI is InChI=1S/C25H29FN2O2/c1-28(2)16-18-15-24(11-12-25(18,29)17-6-5-7-19(26)14-17)23-21(10-13-30-24)20-8-3-4-9-22(20)27-23/h3-9,14,18,27,29H,10-13,15-16H2,1-2H3. The van der Waals surface area contributed by atoms with Crippen LogP contribution >= 0.6 is 0 Å². The molecular weight excluding hydrogens is 379 g/mol. The van der Waals surface area contributed by atoms with Gasteiger partial charge in [-0.05, 0) is 69.1 Å². The topological polar surface area (TPSA) is 48.5 Å². The van der Waals surface area contributed by atoms with Crippen LogP contribution in [-0.4, -0.2) is 42.2 Å². The lowest BCUT2D eigenvalue weighted by molar-refractivity contribution is -0.166. The number of hydrogen-bond donors (Lipinski definition) is 2. The summed E-state index contributed by atoms with van der Waals surface area (Å²) in [6.07, 6.45) is 2.82. The van der Waals surface area contributed by atoms with Crippen molar-refractivity contribution in [2.45, 2.75) is 36.9 Å². The lowest BCUT2D eigenvalue weighted by atomic mass is 9.64. The number of benzene rings is 2. The molecule has 2 heterocycles. The number of hydrogen-bond acceptors (Lipinski definition) is 3. The summed E-state index contributed by atoms with van der Waals surface area (Å²) in [5, 5.41) is 13.1. The normalized spacial score (nSPS) is 28.9. The summed E-state index contributed by atoms with van der Waals surface area (Å²) >= 11 is 0. The van der Waals surface area contributed by atoms with Gasteiger partial charge in [0.2, 0.25) is 0 Å². The van der Waals surface area contributed by atoms with Gasteiger partial charge in [-0.3, -0.25) is 0 Å². The van der Waals surface area contributed by atoms with Gasteiger partial charge >= 0.3 is 0 Å². The number of halogens is 1. The van der Waals surface area contributed by atoms with Crippen LogP contribution in [0.15, 0.2) is 48.5 Å². The number of rotatable bonds is 3. The molecule has 30 heavy (non-hydrogen) atoms. The monoisotopic (exact) mass is 408 g/mol. The van der Waals surface area contributed by atoms with E-state index in [0.717, 1.165) is 11.9 Å². The van der Waals surface area contributed by atoms with Crippen molar-refractivity contribution in [3.8, 4) is 0 Å². The highest BCUT2D eigenvalue weighted by Gasteiger charge is 2.53. The summed E-state index contributed by atoms with van der Waals surface area (Å²) in [6.45, 7) is 1.38. The van der Waals surface area contributed by atoms with E-state index in [-0.39, 0.29) is 11.7 Å². The molecule has 1 saturated carbocycles. The third kappa shape index (κ3) is 3.08. The number of ether oxygens (including phenoxy) is 1. The minimum Gasteiger partial charge on any atom is -0.385 e. The summed E-state index contributed by atoms with van der Waals surface area (Å²) in [4.78, 5) is 5.75. The molecule has 3 aromatic rings. The molecule has 2 aliphatic rings. The second-order valence-electron chi connectivity index (χ2n) is 9.21. The van der Waals surface area contributed by atoms with Crippen molar-refractivity contribution >= 4 is 10.9 Å². The number of aliphatic hydroxyl groups is 1. The Kier molecular flexibility index (Phi) is 4.73. The van der Waals surface area contributed by atoms with Crippen LogP contribution in [0.4, 0.5) is 4.39 Å². The Hall–Kier alpha value is -2.21. The number of aromatic amines is 1. The Morgan fingerprint density at radius 2 is 2.00 bits per heavy atom. The van der Waals surface area contributed by atoms with E-state index >= 15 is 0 Å². The first-order valence-electron chi connectivity index (χ1n) is 10.8. The molecule has 4 nitrogen and oxygen atoms in total. The molecule has 0 bridgehead atoms. The van der Waals surface area contributed by atoms with E-state index in [4.69, 9.17) is 4.74 Å². The largest absolute Gasteiger partial charge is 0.385 e. The summed E-state index contributed by atoms with van der Waals surface area (Å²) < 4.78 is 20.5. The SMILES string of the molecule is CN(C)CC1CC2(CCC1(O)c1cccc(F)c1)OCCc1c2[nH]c2ccccc12. The summed E-state index contributed by atoms with van der Waals surface area (Å²) in [7, 11) is 4.03. The third-order valence-corrected chi connectivity index (χ3v) is 7.07. The van der Waals surface area contributed by atoms with E-state index in [9.17, 15) is 9.50 Å². The van der Waals surface area contributed by atoms with Crippen LogP contribution in [0.5, 0.6) is 0 Å². The van der Waals surface area contributed by atoms with Gasteiger partial charge in [0.1, 0.15) is 11.4 Å². The highest BCUT2D eigenvalue weighted by atomic mass is 19.1. The van der Waals surface area contributed by atoms with Crippen molar-refractivity contribution in [1.82, 2.24) is 9.88 Å². The molecule has 1 aliphatic heterocycles. The number of H-pyrrole nitrogens is 1. The number of fused-ring (bicyclic) bond motifs is 4. The molecule has 2 N–H and O–H groups in total. The maximum absolute atomic E-state index is 14.0. The molecule has 1 fully saturated rings. The van der Waals surface area contributed by atoms with Gasteiger partial charge in [-0.15, -0.1) is 0 Å². The van der Waals surface area contributed by atoms with E-state index in [1.807, 2.05) is 20.2 Å². The van der Waals surface area contributed by atoms with Crippen molar-refractivity contribution < 1.29 is 14.2 Å². The minimum absolute atomic E-state index is 0.0830. The fourth-order valence-corrected chi connectivity index (χ4v) is 5.69. The van der Waals surface area contributed by atoms with Crippen molar-refractivity contribution in [2.75, 3.05) is 27.2 Å². The van der Waals surface area contributed by atoms with Gasteiger partial charge < -0.3 is 19.7 Å². The second-order valence-corrected chi connectivity index (χ2v) is 9.21. The van der Waals surface area contributed by atoms with E-state index in [0.29, 0.717) is 38.0 Å². The van der Waals surface area contributed by atoms with Gasteiger partial charge in [0.15, 0.2) is 0 Å². The number of para-hydroxylation sites is 1. The molecule has 0 radical (unpaired) electrons. The minimum atomic E-state index is -1.08. The fraction of sp³-hybridized carbons (Fsp3) is 0.440. The average Bonchev–Trinajstić information content (AvgIpc) is 3.11. The lowest BCUT2D eigenvalue weighted by Gasteiger charge is -2.51. The maximum atomic E-state index is 14.0. The molecule has 3 atom stereocenters. The molecule has 1 spiro atoms. The van der Waals surface area contributed by atoms with E-state index in [2.05, 4.69) is 34.1 Å². The molecule has 3 unspecified atom stereocenters. The molecule has 158 valence electrons. The zero-order chi connectivity index (χ0) is 20.9. The van der Waals surface area contributed by atoms with E-state index in [1.54, 1.807) is 6.07 Å². The van der Waals surface area contributed by atoms with Crippen molar-refractivity contribution in [1.29, 1.82) is 0 Å². The van der Waals surface area contributed by atoms with Crippen molar-refractivity contribution in [3.05, 3.63) is 71.2 Å². The first kappa shape index (κ1) is 19.7. The quantitative estimate of drug-likeness (QED) is 0.678. The Bertz CT molecular complexity index is 1080. The molecule has 2 aromatic carbocycles. The first-order valence-corrected chi connectivity index (χ1v) is 10.8. The first-order chi connectivity index (χ1) is 14.4. The van der Waals surface area contributed by atoms with E-state index < -0.39 is 11.2 Å². The number of aromatic nitrogens is 1. The van der Waals surface area contributed by atoms with Gasteiger partial charge in [0, 0.05) is 23.4 Å². The van der Waals surface area contributed by atoms with Crippen LogP contribution < -0.4 is 0 Å². The van der Waals surface area contributed by atoms with Crippen LogP contribution in [0.1, 0.15) is 36.1 Å². The number of nitrogens with one attached hydrogen (secondary N) is 1. The Morgan fingerprint density at radius 3 is 2.80 bits per heavy atom. The smallest absolute Gasteiger partial charge is 0.123 e. The zero-order valence-corrected chi connectivity index (χ0v) is 17.6. The van der Waals surface area contributed by atoms with Crippen molar-refractivity contribution in [2.24, 2.45) is 5.92 Å². The second kappa shape index (κ2) is 7.19. The van der Waals surface area contributed by atoms with Gasteiger partial charge in [-0.2, -0.15) is 0 Å². The van der Waals surface area contributed by atoms with Gasteiger partial charge in [0.05, 0.1) is 17.9 Å². The molecule has 1 aliphatic carbocycles. The third-order valence-electron chi connectivity index (χ3n) is 7.07. The van der Waals surface area contributed by atoms with Crippen LogP contribution in [-0.2, 0) is 22.4 Å². The highest BCUT2D eigenvalue weighted by molar-refractivity contribution is 5.85. The Morgan fingerprint density at radius 1 is 1.17 bits per heavy atom. The van der Waals surface area contributed by atoms with Crippen LogP contribution in [0.2, 0.25) is 0 Å². The summed E-state index contributed by atoms with van der Waals surface area (Å²) in [5.41, 5.74) is 2.80. The molecular formula is C25H29FN2O2. The lowest BCUT2D eigenvalue weighted by Crippen LogP contribution is -2.52. The van der Waals surface area contributed by atoms with Crippen LogP contribution in [0.25, 0.3) is 10.9 Å². The summed E-state index contributed by atoms with van der Waals surface area (Å²) in [5.74, 6) is -0.392. The van der Waals surface area contributed by atoms with Gasteiger partial charge in [0.25, 0.3) is 0 Å². The number of nitrogens with zero attached hydrogens (tertiary/aromatic N) is 1. The van der Waals surface area contributed by atoms with Crippen LogP contribution in [0.3, 0.4) is 0 Å². The average molecular weight is 409 g/mol. The maximum Gasteiger partial charge on any atom is 0.123 e. The van der Waals surface area contributed by atoms with Crippen LogP contribution in [0, 0.1) is 11.7 Å². The predicted molar refractivity (Wildman–Crippen MR) is 116 cm³/mol.